The molecule has 1 heteroatoms. The summed E-state index contributed by atoms with van der Waals surface area (Å²) in [5.41, 5.74) is 0. The zero-order chi connectivity index (χ0) is 19.2. The standard InChI is InChI=1S/C26H48O/c1-4-21-17-20(7-6-16-27)10-14-26(21)24-13-15-25(22(5-2)18-24)23-11-8-19(3)9-12-23/h19-27H,4-18H2,1-3H3. The molecule has 0 spiro atoms. The third-order valence-electron chi connectivity index (χ3n) is 9.32. The Balaban J connectivity index is 1.55. The number of aliphatic hydroxyl groups is 1. The fraction of sp³-hybridized carbons (Fsp3) is 1.00. The molecule has 158 valence electrons. The van der Waals surface area contributed by atoms with Crippen LogP contribution >= 0.6 is 0 Å². The maximum Gasteiger partial charge on any atom is 0.0431 e. The van der Waals surface area contributed by atoms with Crippen molar-refractivity contribution in [1.82, 2.24) is 0 Å². The highest BCUT2D eigenvalue weighted by Crippen LogP contribution is 2.51. The summed E-state index contributed by atoms with van der Waals surface area (Å²) in [7, 11) is 0. The molecule has 3 fully saturated rings. The maximum atomic E-state index is 9.18. The lowest BCUT2D eigenvalue weighted by Crippen LogP contribution is -2.38. The Morgan fingerprint density at radius 1 is 0.704 bits per heavy atom. The molecule has 0 amide bonds. The summed E-state index contributed by atoms with van der Waals surface area (Å²) in [5.74, 6) is 8.04. The van der Waals surface area contributed by atoms with Gasteiger partial charge in [-0.05, 0) is 105 Å². The normalized spacial score (nSPS) is 43.6. The molecule has 0 bridgehead atoms. The van der Waals surface area contributed by atoms with Crippen LogP contribution in [0.15, 0.2) is 0 Å². The summed E-state index contributed by atoms with van der Waals surface area (Å²) in [6.45, 7) is 7.78. The van der Waals surface area contributed by atoms with E-state index in [9.17, 15) is 5.11 Å². The van der Waals surface area contributed by atoms with Gasteiger partial charge in [-0.3, -0.25) is 0 Å². The van der Waals surface area contributed by atoms with Crippen molar-refractivity contribution in [3.05, 3.63) is 0 Å². The molecule has 0 radical (unpaired) electrons. The first-order valence-corrected chi connectivity index (χ1v) is 12.8. The summed E-state index contributed by atoms with van der Waals surface area (Å²) >= 11 is 0. The minimum absolute atomic E-state index is 0.388. The fourth-order valence-electron chi connectivity index (χ4n) is 7.63. The van der Waals surface area contributed by atoms with Crippen molar-refractivity contribution in [2.45, 2.75) is 111 Å². The van der Waals surface area contributed by atoms with E-state index in [2.05, 4.69) is 20.8 Å². The molecule has 3 aliphatic rings. The molecule has 1 nitrogen and oxygen atoms in total. The van der Waals surface area contributed by atoms with Crippen molar-refractivity contribution in [2.24, 2.45) is 47.3 Å². The Hall–Kier alpha value is -0.0400. The Bertz CT molecular complexity index is 410. The van der Waals surface area contributed by atoms with Gasteiger partial charge in [-0.15, -0.1) is 0 Å². The Morgan fingerprint density at radius 2 is 1.30 bits per heavy atom. The Labute approximate surface area is 170 Å². The van der Waals surface area contributed by atoms with Gasteiger partial charge >= 0.3 is 0 Å². The first-order valence-electron chi connectivity index (χ1n) is 12.8. The Morgan fingerprint density at radius 3 is 1.96 bits per heavy atom. The largest absolute Gasteiger partial charge is 0.396 e. The molecule has 3 rings (SSSR count). The Kier molecular flexibility index (Phi) is 8.55. The third-order valence-corrected chi connectivity index (χ3v) is 9.32. The van der Waals surface area contributed by atoms with Gasteiger partial charge in [0.15, 0.2) is 0 Å². The predicted molar refractivity (Wildman–Crippen MR) is 117 cm³/mol. The van der Waals surface area contributed by atoms with Crippen LogP contribution in [0.4, 0.5) is 0 Å². The highest BCUT2D eigenvalue weighted by Gasteiger charge is 2.41. The molecule has 6 unspecified atom stereocenters. The van der Waals surface area contributed by atoms with Crippen molar-refractivity contribution in [2.75, 3.05) is 6.61 Å². The van der Waals surface area contributed by atoms with Gasteiger partial charge < -0.3 is 5.11 Å². The van der Waals surface area contributed by atoms with Crippen molar-refractivity contribution in [3.8, 4) is 0 Å². The topological polar surface area (TPSA) is 20.2 Å². The van der Waals surface area contributed by atoms with Crippen molar-refractivity contribution in [1.29, 1.82) is 0 Å². The summed E-state index contributed by atoms with van der Waals surface area (Å²) < 4.78 is 0. The molecular weight excluding hydrogens is 328 g/mol. The van der Waals surface area contributed by atoms with Crippen molar-refractivity contribution >= 4 is 0 Å². The molecule has 0 aromatic heterocycles. The average Bonchev–Trinajstić information content (AvgIpc) is 2.72. The number of hydrogen-bond donors (Lipinski definition) is 1. The van der Waals surface area contributed by atoms with E-state index in [1.54, 1.807) is 12.8 Å². The second-order valence-corrected chi connectivity index (χ2v) is 10.8. The molecule has 6 atom stereocenters. The first kappa shape index (κ1) is 21.7. The quantitative estimate of drug-likeness (QED) is 0.488. The monoisotopic (exact) mass is 376 g/mol. The third kappa shape index (κ3) is 5.52. The lowest BCUT2D eigenvalue weighted by atomic mass is 9.58. The predicted octanol–water partition coefficient (Wildman–Crippen LogP) is 7.47. The van der Waals surface area contributed by atoms with Crippen LogP contribution in [0.3, 0.4) is 0 Å². The molecule has 0 heterocycles. The molecule has 3 saturated carbocycles. The summed E-state index contributed by atoms with van der Waals surface area (Å²) in [5, 5.41) is 9.18. The van der Waals surface area contributed by atoms with E-state index in [1.807, 2.05) is 0 Å². The van der Waals surface area contributed by atoms with Gasteiger partial charge in [-0.1, -0.05) is 52.9 Å². The van der Waals surface area contributed by atoms with E-state index in [4.69, 9.17) is 0 Å². The van der Waals surface area contributed by atoms with Crippen LogP contribution in [-0.2, 0) is 0 Å². The lowest BCUT2D eigenvalue weighted by Gasteiger charge is -2.47. The summed E-state index contributed by atoms with van der Waals surface area (Å²) in [6.07, 6.45) is 20.2. The molecular formula is C26H48O. The van der Waals surface area contributed by atoms with E-state index in [-0.39, 0.29) is 0 Å². The van der Waals surface area contributed by atoms with Gasteiger partial charge in [0.2, 0.25) is 0 Å². The fourth-order valence-corrected chi connectivity index (χ4v) is 7.63. The average molecular weight is 377 g/mol. The van der Waals surface area contributed by atoms with E-state index in [0.29, 0.717) is 6.61 Å². The number of rotatable bonds is 7. The first-order chi connectivity index (χ1) is 13.2. The molecule has 1 N–H and O–H groups in total. The van der Waals surface area contributed by atoms with Gasteiger partial charge in [0.05, 0.1) is 0 Å². The van der Waals surface area contributed by atoms with Crippen LogP contribution < -0.4 is 0 Å². The van der Waals surface area contributed by atoms with Gasteiger partial charge in [-0.2, -0.15) is 0 Å². The van der Waals surface area contributed by atoms with E-state index in [1.165, 1.54) is 70.6 Å². The van der Waals surface area contributed by atoms with Gasteiger partial charge in [0.25, 0.3) is 0 Å². The zero-order valence-corrected chi connectivity index (χ0v) is 18.7. The van der Waals surface area contributed by atoms with Crippen LogP contribution in [0.2, 0.25) is 0 Å². The van der Waals surface area contributed by atoms with E-state index < -0.39 is 0 Å². The zero-order valence-electron chi connectivity index (χ0n) is 18.7. The van der Waals surface area contributed by atoms with Crippen LogP contribution in [-0.4, -0.2) is 11.7 Å². The van der Waals surface area contributed by atoms with Gasteiger partial charge in [0, 0.05) is 6.61 Å². The molecule has 3 aliphatic carbocycles. The smallest absolute Gasteiger partial charge is 0.0431 e. The lowest BCUT2D eigenvalue weighted by molar-refractivity contribution is 0.0294. The minimum atomic E-state index is 0.388. The summed E-state index contributed by atoms with van der Waals surface area (Å²) in [4.78, 5) is 0. The van der Waals surface area contributed by atoms with Crippen LogP contribution in [0.5, 0.6) is 0 Å². The highest BCUT2D eigenvalue weighted by atomic mass is 16.2. The second kappa shape index (κ2) is 10.7. The van der Waals surface area contributed by atoms with Gasteiger partial charge in [-0.25, -0.2) is 0 Å². The highest BCUT2D eigenvalue weighted by molar-refractivity contribution is 4.91. The summed E-state index contributed by atoms with van der Waals surface area (Å²) in [6, 6.07) is 0. The van der Waals surface area contributed by atoms with E-state index >= 15 is 0 Å². The number of hydrogen-bond acceptors (Lipinski definition) is 1. The molecule has 27 heavy (non-hydrogen) atoms. The van der Waals surface area contributed by atoms with Crippen molar-refractivity contribution < 1.29 is 5.11 Å². The molecule has 0 saturated heterocycles. The second-order valence-electron chi connectivity index (χ2n) is 10.8. The van der Waals surface area contributed by atoms with Crippen molar-refractivity contribution in [3.63, 3.8) is 0 Å². The number of aliphatic hydroxyl groups excluding tert-OH is 1. The van der Waals surface area contributed by atoms with Crippen LogP contribution in [0.25, 0.3) is 0 Å². The molecule has 0 aromatic carbocycles. The maximum absolute atomic E-state index is 9.18. The van der Waals surface area contributed by atoms with Crippen LogP contribution in [0, 0.1) is 47.3 Å². The SMILES string of the molecule is CCC1CC(CCCO)CCC1C1CCC(C2CCC(C)CC2)C(CC)C1. The van der Waals surface area contributed by atoms with Gasteiger partial charge in [0.1, 0.15) is 0 Å². The minimum Gasteiger partial charge on any atom is -0.396 e. The molecule has 0 aromatic rings. The molecule has 0 aliphatic heterocycles. The van der Waals surface area contributed by atoms with Crippen LogP contribution in [0.1, 0.15) is 111 Å². The van der Waals surface area contributed by atoms with E-state index in [0.717, 1.165) is 53.8 Å².